The van der Waals surface area contributed by atoms with Crippen LogP contribution in [0.3, 0.4) is 0 Å². The van der Waals surface area contributed by atoms with Crippen LogP contribution in [0.2, 0.25) is 0 Å². The molecule has 0 aliphatic carbocycles. The molecule has 19 heavy (non-hydrogen) atoms. The van der Waals surface area contributed by atoms with Gasteiger partial charge in [0.05, 0.1) is 0 Å². The fourth-order valence-electron chi connectivity index (χ4n) is 2.69. The number of nitrogens with two attached hydrogens (primary N) is 1. The summed E-state index contributed by atoms with van der Waals surface area (Å²) in [5.41, 5.74) is 3.11. The van der Waals surface area contributed by atoms with E-state index in [-0.39, 0.29) is 0 Å². The number of unbranched alkanes of at least 4 members (excludes halogenated alkanes) is 1. The van der Waals surface area contributed by atoms with Crippen molar-refractivity contribution in [2.75, 3.05) is 5.75 Å². The van der Waals surface area contributed by atoms with Crippen molar-refractivity contribution < 1.29 is 0 Å². The van der Waals surface area contributed by atoms with Crippen molar-refractivity contribution in [3.05, 3.63) is 0 Å². The largest absolute Gasteiger partial charge is 0.271 e. The van der Waals surface area contributed by atoms with Crippen molar-refractivity contribution in [1.82, 2.24) is 5.43 Å². The van der Waals surface area contributed by atoms with Crippen LogP contribution in [-0.4, -0.2) is 27.5 Å². The van der Waals surface area contributed by atoms with E-state index in [1.807, 2.05) is 0 Å². The molecule has 1 heterocycles. The zero-order valence-corrected chi connectivity index (χ0v) is 14.7. The molecular formula is C15H32N2S2. The van der Waals surface area contributed by atoms with Crippen LogP contribution in [0.1, 0.15) is 59.8 Å². The topological polar surface area (TPSA) is 38.0 Å². The molecule has 5 unspecified atom stereocenters. The lowest BCUT2D eigenvalue weighted by Gasteiger charge is -2.36. The van der Waals surface area contributed by atoms with Crippen LogP contribution >= 0.6 is 23.5 Å². The normalized spacial score (nSPS) is 31.1. The molecule has 3 N–H and O–H groups in total. The molecule has 0 saturated carbocycles. The molecule has 0 radical (unpaired) electrons. The van der Waals surface area contributed by atoms with Gasteiger partial charge < -0.3 is 0 Å². The molecule has 1 rings (SSSR count). The molecule has 1 aliphatic rings. The van der Waals surface area contributed by atoms with Gasteiger partial charge in [-0.3, -0.25) is 11.3 Å². The van der Waals surface area contributed by atoms with Crippen molar-refractivity contribution in [3.63, 3.8) is 0 Å². The van der Waals surface area contributed by atoms with E-state index < -0.39 is 0 Å². The van der Waals surface area contributed by atoms with Crippen LogP contribution in [0.4, 0.5) is 0 Å². The maximum absolute atomic E-state index is 5.84. The van der Waals surface area contributed by atoms with Gasteiger partial charge in [-0.2, -0.15) is 23.5 Å². The zero-order chi connectivity index (χ0) is 14.3. The van der Waals surface area contributed by atoms with Crippen molar-refractivity contribution in [3.8, 4) is 0 Å². The second-order valence-electron chi connectivity index (χ2n) is 5.84. The Labute approximate surface area is 128 Å². The van der Waals surface area contributed by atoms with E-state index in [1.165, 1.54) is 37.9 Å². The molecule has 0 aromatic rings. The Morgan fingerprint density at radius 3 is 2.53 bits per heavy atom. The number of hydrogen-bond acceptors (Lipinski definition) is 4. The monoisotopic (exact) mass is 304 g/mol. The molecule has 114 valence electrons. The molecule has 1 aliphatic heterocycles. The lowest BCUT2D eigenvalue weighted by molar-refractivity contribution is 0.350. The number of thioether (sulfide) groups is 2. The molecule has 0 spiro atoms. The lowest BCUT2D eigenvalue weighted by Crippen LogP contribution is -2.47. The van der Waals surface area contributed by atoms with E-state index >= 15 is 0 Å². The number of rotatable bonds is 8. The molecule has 1 fully saturated rings. The average Bonchev–Trinajstić information content (AvgIpc) is 2.42. The summed E-state index contributed by atoms with van der Waals surface area (Å²) in [6, 6.07) is 0.481. The summed E-state index contributed by atoms with van der Waals surface area (Å²) in [7, 11) is 0. The van der Waals surface area contributed by atoms with E-state index in [4.69, 9.17) is 5.84 Å². The van der Waals surface area contributed by atoms with Gasteiger partial charge in [-0.05, 0) is 12.3 Å². The molecule has 0 amide bonds. The fourth-order valence-corrected chi connectivity index (χ4v) is 5.81. The van der Waals surface area contributed by atoms with E-state index in [1.54, 1.807) is 0 Å². The third-order valence-electron chi connectivity index (χ3n) is 4.37. The second kappa shape index (κ2) is 9.54. The molecule has 4 heteroatoms. The van der Waals surface area contributed by atoms with Gasteiger partial charge >= 0.3 is 0 Å². The molecule has 0 aromatic carbocycles. The SMILES string of the molecule is CCCCC(CC)CC(NN)C1CSC(C)C(C)S1. The Hall–Kier alpha value is 0.620. The highest BCUT2D eigenvalue weighted by atomic mass is 32.2. The smallest absolute Gasteiger partial charge is 0.0340 e. The number of hydrazine groups is 1. The maximum Gasteiger partial charge on any atom is 0.0340 e. The average molecular weight is 305 g/mol. The Kier molecular flexibility index (Phi) is 8.87. The second-order valence-corrected chi connectivity index (χ2v) is 8.87. The lowest BCUT2D eigenvalue weighted by atomic mass is 9.91. The third kappa shape index (κ3) is 5.86. The Bertz CT molecular complexity index is 238. The first kappa shape index (κ1) is 17.7. The number of nitrogens with one attached hydrogen (secondary N) is 1. The molecule has 0 bridgehead atoms. The molecule has 1 saturated heterocycles. The van der Waals surface area contributed by atoms with Crippen LogP contribution in [0, 0.1) is 5.92 Å². The predicted molar refractivity (Wildman–Crippen MR) is 91.8 cm³/mol. The van der Waals surface area contributed by atoms with Gasteiger partial charge in [-0.1, -0.05) is 53.4 Å². The molecule has 0 aromatic heterocycles. The van der Waals surface area contributed by atoms with Crippen LogP contribution in [0.5, 0.6) is 0 Å². The van der Waals surface area contributed by atoms with Gasteiger partial charge in [0.25, 0.3) is 0 Å². The summed E-state index contributed by atoms with van der Waals surface area (Å²) in [6.45, 7) is 9.30. The predicted octanol–water partition coefficient (Wildman–Crippen LogP) is 4.05. The van der Waals surface area contributed by atoms with E-state index in [0.717, 1.165) is 16.4 Å². The van der Waals surface area contributed by atoms with Gasteiger partial charge in [0.2, 0.25) is 0 Å². The van der Waals surface area contributed by atoms with Crippen molar-refractivity contribution in [1.29, 1.82) is 0 Å². The van der Waals surface area contributed by atoms with Crippen LogP contribution in [-0.2, 0) is 0 Å². The fraction of sp³-hybridized carbons (Fsp3) is 1.00. The first-order valence-corrected chi connectivity index (χ1v) is 9.84. The summed E-state index contributed by atoms with van der Waals surface area (Å²) in [5.74, 6) is 7.92. The van der Waals surface area contributed by atoms with E-state index in [9.17, 15) is 0 Å². The van der Waals surface area contributed by atoms with Gasteiger partial charge in [0.15, 0.2) is 0 Å². The molecule has 5 atom stereocenters. The first-order valence-electron chi connectivity index (χ1n) is 7.85. The van der Waals surface area contributed by atoms with Crippen molar-refractivity contribution >= 4 is 23.5 Å². The maximum atomic E-state index is 5.84. The highest BCUT2D eigenvalue weighted by molar-refractivity contribution is 8.07. The summed E-state index contributed by atoms with van der Waals surface area (Å²) in [4.78, 5) is 0. The highest BCUT2D eigenvalue weighted by Gasteiger charge is 2.31. The quantitative estimate of drug-likeness (QED) is 0.524. The van der Waals surface area contributed by atoms with Crippen LogP contribution in [0.25, 0.3) is 0 Å². The summed E-state index contributed by atoms with van der Waals surface area (Å²) in [6.07, 6.45) is 6.55. The van der Waals surface area contributed by atoms with E-state index in [0.29, 0.717) is 11.3 Å². The zero-order valence-electron chi connectivity index (χ0n) is 13.0. The summed E-state index contributed by atoms with van der Waals surface area (Å²) in [5, 5.41) is 2.20. The van der Waals surface area contributed by atoms with Crippen molar-refractivity contribution in [2.24, 2.45) is 11.8 Å². The molecule has 2 nitrogen and oxygen atoms in total. The summed E-state index contributed by atoms with van der Waals surface area (Å²) < 4.78 is 0. The van der Waals surface area contributed by atoms with Gasteiger partial charge in [-0.25, -0.2) is 0 Å². The van der Waals surface area contributed by atoms with Gasteiger partial charge in [-0.15, -0.1) is 0 Å². The van der Waals surface area contributed by atoms with Crippen LogP contribution < -0.4 is 11.3 Å². The number of hydrogen-bond donors (Lipinski definition) is 2. The highest BCUT2D eigenvalue weighted by Crippen LogP contribution is 2.38. The van der Waals surface area contributed by atoms with Gasteiger partial charge in [0, 0.05) is 27.5 Å². The minimum absolute atomic E-state index is 0.481. The Balaban J connectivity index is 2.47. The minimum atomic E-state index is 0.481. The first-order chi connectivity index (χ1) is 9.12. The Morgan fingerprint density at radius 1 is 1.26 bits per heavy atom. The van der Waals surface area contributed by atoms with Gasteiger partial charge in [0.1, 0.15) is 0 Å². The standard InChI is InChI=1S/C15H32N2S2/c1-5-7-8-13(6-2)9-14(17-16)15-10-18-11(3)12(4)19-15/h11-15,17H,5-10,16H2,1-4H3. The minimum Gasteiger partial charge on any atom is -0.271 e. The Morgan fingerprint density at radius 2 is 2.00 bits per heavy atom. The summed E-state index contributed by atoms with van der Waals surface area (Å²) >= 11 is 4.25. The molecular weight excluding hydrogens is 272 g/mol. The van der Waals surface area contributed by atoms with Crippen LogP contribution in [0.15, 0.2) is 0 Å². The van der Waals surface area contributed by atoms with Crippen molar-refractivity contribution in [2.45, 2.75) is 81.6 Å². The van der Waals surface area contributed by atoms with E-state index in [2.05, 4.69) is 56.6 Å². The third-order valence-corrected chi connectivity index (χ3v) is 7.92.